The van der Waals surface area contributed by atoms with E-state index >= 15 is 0 Å². The number of hydrogen-bond donors (Lipinski definition) is 3. The normalized spacial score (nSPS) is 16.1. The molecule has 5 aromatic rings. The summed E-state index contributed by atoms with van der Waals surface area (Å²) in [7, 11) is 1.98. The Kier molecular flexibility index (Phi) is 6.79. The number of nitrogens with zero attached hydrogens (tertiary/aromatic N) is 2. The standard InChI is InChI=1S/C32H30ClN5O3/c1-4-18(2)28(31(40)36-35-30(39)26-16-19-15-20(33)13-14-25(19)34-26)38-29(22-10-5-6-11-23(22)32(38)41)24-17-37(3)27-12-8-7-9-21(24)27/h5-18,28-29,34H,4H2,1-3H3,(H,35,39)(H,36,40). The lowest BCUT2D eigenvalue weighted by atomic mass is 9.93. The molecule has 41 heavy (non-hydrogen) atoms. The second-order valence-electron chi connectivity index (χ2n) is 10.6. The van der Waals surface area contributed by atoms with Crippen LogP contribution in [0.4, 0.5) is 0 Å². The van der Waals surface area contributed by atoms with Gasteiger partial charge in [0.1, 0.15) is 11.7 Å². The second-order valence-corrected chi connectivity index (χ2v) is 11.0. The first kappa shape index (κ1) is 26.7. The quantitative estimate of drug-likeness (QED) is 0.228. The summed E-state index contributed by atoms with van der Waals surface area (Å²) in [5.41, 5.74) is 9.59. The maximum absolute atomic E-state index is 14.0. The Labute approximate surface area is 242 Å². The molecule has 0 saturated heterocycles. The molecule has 1 aliphatic heterocycles. The largest absolute Gasteiger partial charge is 0.350 e. The van der Waals surface area contributed by atoms with Crippen LogP contribution < -0.4 is 10.9 Å². The Morgan fingerprint density at radius 3 is 2.56 bits per heavy atom. The van der Waals surface area contributed by atoms with E-state index in [0.29, 0.717) is 17.0 Å². The van der Waals surface area contributed by atoms with Crippen LogP contribution >= 0.6 is 11.6 Å². The van der Waals surface area contributed by atoms with Gasteiger partial charge in [-0.25, -0.2) is 0 Å². The highest BCUT2D eigenvalue weighted by molar-refractivity contribution is 6.31. The molecule has 0 spiro atoms. The summed E-state index contributed by atoms with van der Waals surface area (Å²) in [6.07, 6.45) is 2.68. The van der Waals surface area contributed by atoms with Crippen molar-refractivity contribution in [3.8, 4) is 0 Å². The number of nitrogens with one attached hydrogen (secondary N) is 3. The van der Waals surface area contributed by atoms with Gasteiger partial charge in [0.05, 0.1) is 6.04 Å². The summed E-state index contributed by atoms with van der Waals surface area (Å²) in [4.78, 5) is 45.6. The summed E-state index contributed by atoms with van der Waals surface area (Å²) in [6.45, 7) is 3.93. The van der Waals surface area contributed by atoms with Crippen LogP contribution in [-0.4, -0.2) is 38.2 Å². The van der Waals surface area contributed by atoms with Crippen LogP contribution in [0.15, 0.2) is 79.0 Å². The lowest BCUT2D eigenvalue weighted by molar-refractivity contribution is -0.128. The first-order valence-corrected chi connectivity index (χ1v) is 14.0. The fourth-order valence-electron chi connectivity index (χ4n) is 5.90. The van der Waals surface area contributed by atoms with Crippen molar-refractivity contribution in [1.82, 2.24) is 25.3 Å². The molecule has 0 fully saturated rings. The summed E-state index contributed by atoms with van der Waals surface area (Å²) < 4.78 is 2.04. The van der Waals surface area contributed by atoms with Gasteiger partial charge in [0.2, 0.25) is 0 Å². The van der Waals surface area contributed by atoms with Crippen molar-refractivity contribution in [3.05, 3.63) is 106 Å². The van der Waals surface area contributed by atoms with Crippen molar-refractivity contribution in [2.45, 2.75) is 32.4 Å². The van der Waals surface area contributed by atoms with Gasteiger partial charge in [-0.3, -0.25) is 25.2 Å². The van der Waals surface area contributed by atoms with E-state index in [-0.39, 0.29) is 17.5 Å². The van der Waals surface area contributed by atoms with Crippen LogP contribution in [0, 0.1) is 5.92 Å². The van der Waals surface area contributed by atoms with Gasteiger partial charge < -0.3 is 14.5 Å². The minimum absolute atomic E-state index is 0.196. The number of rotatable bonds is 6. The predicted octanol–water partition coefficient (Wildman–Crippen LogP) is 5.73. The molecular formula is C32H30ClN5O3. The fraction of sp³-hybridized carbons (Fsp3) is 0.219. The zero-order chi connectivity index (χ0) is 28.8. The molecule has 1 aliphatic rings. The number of hydrazine groups is 1. The molecule has 3 atom stereocenters. The number of carbonyl (C=O) groups is 3. The highest BCUT2D eigenvalue weighted by Gasteiger charge is 2.46. The van der Waals surface area contributed by atoms with Crippen LogP contribution in [0.2, 0.25) is 5.02 Å². The molecule has 0 aliphatic carbocycles. The van der Waals surface area contributed by atoms with Gasteiger partial charge in [0.25, 0.3) is 17.7 Å². The van der Waals surface area contributed by atoms with E-state index in [4.69, 9.17) is 11.6 Å². The molecule has 0 radical (unpaired) electrons. The van der Waals surface area contributed by atoms with Gasteiger partial charge in [-0.2, -0.15) is 0 Å². The van der Waals surface area contributed by atoms with Gasteiger partial charge in [-0.1, -0.05) is 68.3 Å². The summed E-state index contributed by atoms with van der Waals surface area (Å²) in [5.74, 6) is -1.37. The van der Waals surface area contributed by atoms with E-state index in [1.54, 1.807) is 29.2 Å². The molecule has 2 aromatic heterocycles. The van der Waals surface area contributed by atoms with Gasteiger partial charge in [0.15, 0.2) is 0 Å². The van der Waals surface area contributed by atoms with E-state index < -0.39 is 23.9 Å². The van der Waals surface area contributed by atoms with Crippen molar-refractivity contribution in [2.75, 3.05) is 0 Å². The van der Waals surface area contributed by atoms with Crippen molar-refractivity contribution in [2.24, 2.45) is 13.0 Å². The van der Waals surface area contributed by atoms with Crippen LogP contribution in [-0.2, 0) is 11.8 Å². The Morgan fingerprint density at radius 2 is 1.76 bits per heavy atom. The number of H-pyrrole nitrogens is 1. The van der Waals surface area contributed by atoms with Gasteiger partial charge >= 0.3 is 0 Å². The summed E-state index contributed by atoms with van der Waals surface area (Å²) in [6, 6.07) is 21.2. The average Bonchev–Trinajstić information content (AvgIpc) is 3.64. The van der Waals surface area contributed by atoms with Gasteiger partial charge in [-0.15, -0.1) is 0 Å². The Morgan fingerprint density at radius 1 is 1.00 bits per heavy atom. The van der Waals surface area contributed by atoms with Crippen molar-refractivity contribution in [1.29, 1.82) is 0 Å². The first-order chi connectivity index (χ1) is 19.8. The number of hydrogen-bond acceptors (Lipinski definition) is 3. The molecule has 3 aromatic carbocycles. The highest BCUT2D eigenvalue weighted by atomic mass is 35.5. The monoisotopic (exact) mass is 567 g/mol. The highest BCUT2D eigenvalue weighted by Crippen LogP contribution is 2.44. The zero-order valence-corrected chi connectivity index (χ0v) is 23.7. The number of amides is 3. The second kappa shape index (κ2) is 10.4. The van der Waals surface area contributed by atoms with E-state index in [2.05, 4.69) is 15.8 Å². The maximum Gasteiger partial charge on any atom is 0.286 e. The number of aryl methyl sites for hydroxylation is 1. The molecule has 6 rings (SSSR count). The molecular weight excluding hydrogens is 538 g/mol. The molecule has 3 amide bonds. The number of fused-ring (bicyclic) bond motifs is 3. The fourth-order valence-corrected chi connectivity index (χ4v) is 6.08. The number of carbonyl (C=O) groups excluding carboxylic acids is 3. The summed E-state index contributed by atoms with van der Waals surface area (Å²) in [5, 5.41) is 2.36. The van der Waals surface area contributed by atoms with Crippen LogP contribution in [0.25, 0.3) is 21.8 Å². The molecule has 3 heterocycles. The lowest BCUT2D eigenvalue weighted by Crippen LogP contribution is -2.55. The number of benzene rings is 3. The van der Waals surface area contributed by atoms with E-state index in [1.165, 1.54) is 0 Å². The molecule has 3 N–H and O–H groups in total. The van der Waals surface area contributed by atoms with Crippen LogP contribution in [0.1, 0.15) is 58.3 Å². The molecule has 0 saturated carbocycles. The molecule has 8 nitrogen and oxygen atoms in total. The number of para-hydroxylation sites is 1. The first-order valence-electron chi connectivity index (χ1n) is 13.6. The average molecular weight is 568 g/mol. The zero-order valence-electron chi connectivity index (χ0n) is 22.9. The summed E-state index contributed by atoms with van der Waals surface area (Å²) >= 11 is 6.08. The topological polar surface area (TPSA) is 99.2 Å². The van der Waals surface area contributed by atoms with Crippen LogP contribution in [0.5, 0.6) is 0 Å². The Balaban J connectivity index is 1.34. The molecule has 0 bridgehead atoms. The Hall–Kier alpha value is -4.56. The molecule has 9 heteroatoms. The smallest absolute Gasteiger partial charge is 0.286 e. The lowest BCUT2D eigenvalue weighted by Gasteiger charge is -2.36. The molecule has 3 unspecified atom stereocenters. The van der Waals surface area contributed by atoms with E-state index in [9.17, 15) is 14.4 Å². The number of aromatic amines is 1. The Bertz CT molecular complexity index is 1820. The third-order valence-electron chi connectivity index (χ3n) is 8.10. The van der Waals surface area contributed by atoms with Crippen molar-refractivity contribution >= 4 is 51.1 Å². The minimum atomic E-state index is -0.842. The minimum Gasteiger partial charge on any atom is -0.350 e. The van der Waals surface area contributed by atoms with E-state index in [0.717, 1.165) is 32.9 Å². The van der Waals surface area contributed by atoms with Gasteiger partial charge in [-0.05, 0) is 47.9 Å². The van der Waals surface area contributed by atoms with Crippen molar-refractivity contribution in [3.63, 3.8) is 0 Å². The third-order valence-corrected chi connectivity index (χ3v) is 8.33. The SMILES string of the molecule is CCC(C)C(C(=O)NNC(=O)c1cc2cc(Cl)ccc2[nH]1)N1C(=O)c2ccccc2C1c1cn(C)c2ccccc12. The van der Waals surface area contributed by atoms with Crippen LogP contribution in [0.3, 0.4) is 0 Å². The maximum atomic E-state index is 14.0. The number of halogens is 1. The molecule has 208 valence electrons. The third kappa shape index (κ3) is 4.54. The van der Waals surface area contributed by atoms with Gasteiger partial charge in [0, 0.05) is 51.2 Å². The van der Waals surface area contributed by atoms with Crippen molar-refractivity contribution < 1.29 is 14.4 Å². The number of aromatic nitrogens is 2. The predicted molar refractivity (Wildman–Crippen MR) is 160 cm³/mol. The van der Waals surface area contributed by atoms with E-state index in [1.807, 2.05) is 80.2 Å².